The van der Waals surface area contributed by atoms with Crippen LogP contribution in [0.5, 0.6) is 0 Å². The van der Waals surface area contributed by atoms with Gasteiger partial charge in [0.15, 0.2) is 16.8 Å². The van der Waals surface area contributed by atoms with Crippen molar-refractivity contribution in [2.45, 2.75) is 30.8 Å². The molecule has 5 rings (SSSR count). The monoisotopic (exact) mass is 477 g/mol. The van der Waals surface area contributed by atoms with E-state index in [9.17, 15) is 18.4 Å². The Morgan fingerprint density at radius 1 is 1.00 bits per heavy atom. The zero-order valence-corrected chi connectivity index (χ0v) is 19.0. The zero-order chi connectivity index (χ0) is 23.7. The Hall–Kier alpha value is -3.52. The van der Waals surface area contributed by atoms with Crippen LogP contribution in [0.4, 0.5) is 14.5 Å². The van der Waals surface area contributed by atoms with Crippen molar-refractivity contribution in [2.24, 2.45) is 0 Å². The van der Waals surface area contributed by atoms with Gasteiger partial charge < -0.3 is 5.32 Å². The van der Waals surface area contributed by atoms with Gasteiger partial charge in [-0.05, 0) is 66.8 Å². The van der Waals surface area contributed by atoms with Crippen LogP contribution in [0.15, 0.2) is 70.6 Å². The minimum absolute atomic E-state index is 0.145. The number of carbonyl (C=O) groups excluding carboxylic acids is 1. The maximum Gasteiger partial charge on any atom is 0.266 e. The van der Waals surface area contributed by atoms with Crippen molar-refractivity contribution in [1.82, 2.24) is 9.55 Å². The molecule has 0 atom stereocenters. The molecule has 1 aliphatic carbocycles. The summed E-state index contributed by atoms with van der Waals surface area (Å²) in [5, 5.41) is 3.60. The van der Waals surface area contributed by atoms with E-state index in [0.29, 0.717) is 21.8 Å². The van der Waals surface area contributed by atoms with Crippen molar-refractivity contribution < 1.29 is 13.6 Å². The van der Waals surface area contributed by atoms with Crippen LogP contribution in [0, 0.1) is 11.6 Å². The number of aromatic nitrogens is 2. The number of halogens is 2. The van der Waals surface area contributed by atoms with Crippen LogP contribution in [0.3, 0.4) is 0 Å². The Labute approximate surface area is 198 Å². The quantitative estimate of drug-likeness (QED) is 0.303. The summed E-state index contributed by atoms with van der Waals surface area (Å²) in [6, 6.07) is 16.1. The number of amides is 1. The van der Waals surface area contributed by atoms with Gasteiger partial charge in [-0.25, -0.2) is 13.8 Å². The van der Waals surface area contributed by atoms with E-state index in [1.54, 1.807) is 24.3 Å². The van der Waals surface area contributed by atoms with E-state index in [-0.39, 0.29) is 23.6 Å². The van der Waals surface area contributed by atoms with Crippen LogP contribution in [0.1, 0.15) is 24.0 Å². The van der Waals surface area contributed by atoms with E-state index in [1.807, 2.05) is 12.1 Å². The normalized spacial score (nSPS) is 12.6. The first-order valence-electron chi connectivity index (χ1n) is 11.0. The summed E-state index contributed by atoms with van der Waals surface area (Å²) in [4.78, 5) is 30.3. The molecule has 0 saturated carbocycles. The van der Waals surface area contributed by atoms with E-state index in [4.69, 9.17) is 0 Å². The molecule has 0 unspecified atom stereocenters. The molecule has 5 nitrogen and oxygen atoms in total. The van der Waals surface area contributed by atoms with E-state index in [1.165, 1.54) is 33.5 Å². The number of carbonyl (C=O) groups is 1. The van der Waals surface area contributed by atoms with E-state index in [0.717, 1.165) is 37.1 Å². The molecule has 0 aliphatic heterocycles. The first-order valence-corrected chi connectivity index (χ1v) is 12.0. The molecule has 0 spiro atoms. The highest BCUT2D eigenvalue weighted by Crippen LogP contribution is 2.26. The highest BCUT2D eigenvalue weighted by Gasteiger charge is 2.16. The van der Waals surface area contributed by atoms with Gasteiger partial charge in [0.1, 0.15) is 0 Å². The molecule has 1 heterocycles. The average Bonchev–Trinajstić information content (AvgIpc) is 3.29. The largest absolute Gasteiger partial charge is 0.326 e. The number of rotatable bonds is 6. The van der Waals surface area contributed by atoms with Crippen molar-refractivity contribution in [3.8, 4) is 5.69 Å². The van der Waals surface area contributed by atoms with Crippen LogP contribution in [0.2, 0.25) is 0 Å². The van der Waals surface area contributed by atoms with Crippen molar-refractivity contribution in [3.63, 3.8) is 0 Å². The molecular weight excluding hydrogens is 456 g/mol. The van der Waals surface area contributed by atoms with E-state index in [2.05, 4.69) is 16.4 Å². The fourth-order valence-corrected chi connectivity index (χ4v) is 5.12. The SMILES string of the molecule is O=C(CCSc1nc2ccccc2c(=O)n1-c1ccc(F)c(F)c1)Nc1ccc2c(c1)CCC2. The molecule has 8 heteroatoms. The van der Waals surface area contributed by atoms with Crippen LogP contribution in [-0.4, -0.2) is 21.2 Å². The molecule has 1 aromatic heterocycles. The number of benzene rings is 3. The number of thioether (sulfide) groups is 1. The summed E-state index contributed by atoms with van der Waals surface area (Å²) in [5.41, 5.74) is 3.68. The Morgan fingerprint density at radius 3 is 2.68 bits per heavy atom. The molecule has 0 bridgehead atoms. The number of hydrogen-bond acceptors (Lipinski definition) is 4. The van der Waals surface area contributed by atoms with Crippen molar-refractivity contribution in [3.05, 3.63) is 93.8 Å². The number of para-hydroxylation sites is 1. The van der Waals surface area contributed by atoms with E-state index < -0.39 is 11.6 Å². The Morgan fingerprint density at radius 2 is 1.82 bits per heavy atom. The third kappa shape index (κ3) is 4.46. The van der Waals surface area contributed by atoms with Crippen LogP contribution in [0.25, 0.3) is 16.6 Å². The molecule has 34 heavy (non-hydrogen) atoms. The molecule has 0 saturated heterocycles. The Bertz CT molecular complexity index is 1470. The number of anilines is 1. The second-order valence-electron chi connectivity index (χ2n) is 8.13. The maximum atomic E-state index is 13.9. The lowest BCUT2D eigenvalue weighted by molar-refractivity contribution is -0.115. The first kappa shape index (κ1) is 22.3. The maximum absolute atomic E-state index is 13.9. The Kier molecular flexibility index (Phi) is 6.15. The molecule has 172 valence electrons. The van der Waals surface area contributed by atoms with Gasteiger partial charge in [0, 0.05) is 23.9 Å². The van der Waals surface area contributed by atoms with Gasteiger partial charge in [-0.1, -0.05) is 30.0 Å². The average molecular weight is 478 g/mol. The molecule has 3 aromatic carbocycles. The second kappa shape index (κ2) is 9.38. The van der Waals surface area contributed by atoms with Crippen molar-refractivity contribution in [1.29, 1.82) is 0 Å². The van der Waals surface area contributed by atoms with Gasteiger partial charge in [-0.2, -0.15) is 0 Å². The number of fused-ring (bicyclic) bond motifs is 2. The van der Waals surface area contributed by atoms with Gasteiger partial charge >= 0.3 is 0 Å². The molecule has 1 N–H and O–H groups in total. The third-order valence-electron chi connectivity index (χ3n) is 5.85. The minimum Gasteiger partial charge on any atom is -0.326 e. The standard InChI is InChI=1S/C26H21F2N3O2S/c27-21-11-10-19(15-22(21)28)31-25(33)20-6-1-2-7-23(20)30-26(31)34-13-12-24(32)29-18-9-8-16-4-3-5-17(16)14-18/h1-2,6-11,14-15H,3-5,12-13H2,(H,29,32). The lowest BCUT2D eigenvalue weighted by atomic mass is 10.1. The molecule has 0 radical (unpaired) electrons. The van der Waals surface area contributed by atoms with Gasteiger partial charge in [-0.15, -0.1) is 0 Å². The van der Waals surface area contributed by atoms with Crippen molar-refractivity contribution in [2.75, 3.05) is 11.1 Å². The molecular formula is C26H21F2N3O2S. The van der Waals surface area contributed by atoms with Crippen LogP contribution < -0.4 is 10.9 Å². The fraction of sp³-hybridized carbons (Fsp3) is 0.192. The first-order chi connectivity index (χ1) is 16.5. The lowest BCUT2D eigenvalue weighted by Gasteiger charge is -2.13. The Balaban J connectivity index is 1.37. The molecule has 4 aromatic rings. The van der Waals surface area contributed by atoms with Crippen molar-refractivity contribution >= 4 is 34.3 Å². The van der Waals surface area contributed by atoms with Gasteiger partial charge in [0.2, 0.25) is 5.91 Å². The van der Waals surface area contributed by atoms with Gasteiger partial charge in [0.25, 0.3) is 5.56 Å². The number of aryl methyl sites for hydroxylation is 2. The predicted molar refractivity (Wildman–Crippen MR) is 130 cm³/mol. The smallest absolute Gasteiger partial charge is 0.266 e. The number of nitrogens with zero attached hydrogens (tertiary/aromatic N) is 2. The van der Waals surface area contributed by atoms with Crippen LogP contribution in [-0.2, 0) is 17.6 Å². The fourth-order valence-electron chi connectivity index (χ4n) is 4.17. The molecule has 1 aliphatic rings. The van der Waals surface area contributed by atoms with E-state index >= 15 is 0 Å². The summed E-state index contributed by atoms with van der Waals surface area (Å²) in [7, 11) is 0. The molecule has 1 amide bonds. The number of nitrogens with one attached hydrogen (secondary N) is 1. The molecule has 0 fully saturated rings. The minimum atomic E-state index is -1.05. The summed E-state index contributed by atoms with van der Waals surface area (Å²) >= 11 is 1.21. The number of hydrogen-bond donors (Lipinski definition) is 1. The zero-order valence-electron chi connectivity index (χ0n) is 18.2. The summed E-state index contributed by atoms with van der Waals surface area (Å²) in [6.07, 6.45) is 3.45. The highest BCUT2D eigenvalue weighted by atomic mass is 32.2. The summed E-state index contributed by atoms with van der Waals surface area (Å²) in [5.74, 6) is -1.84. The lowest BCUT2D eigenvalue weighted by Crippen LogP contribution is -2.22. The topological polar surface area (TPSA) is 64.0 Å². The van der Waals surface area contributed by atoms with Gasteiger partial charge in [0.05, 0.1) is 16.6 Å². The summed E-state index contributed by atoms with van der Waals surface area (Å²) < 4.78 is 28.7. The van der Waals surface area contributed by atoms with Gasteiger partial charge in [-0.3, -0.25) is 14.2 Å². The second-order valence-corrected chi connectivity index (χ2v) is 9.20. The van der Waals surface area contributed by atoms with Crippen LogP contribution >= 0.6 is 11.8 Å². The third-order valence-corrected chi connectivity index (χ3v) is 6.79. The predicted octanol–water partition coefficient (Wildman–Crippen LogP) is 5.27. The highest BCUT2D eigenvalue weighted by molar-refractivity contribution is 7.99. The summed E-state index contributed by atoms with van der Waals surface area (Å²) in [6.45, 7) is 0.